The fourth-order valence-electron chi connectivity index (χ4n) is 7.74. The summed E-state index contributed by atoms with van der Waals surface area (Å²) in [5, 5.41) is 21.7. The first-order valence-corrected chi connectivity index (χ1v) is 15.8. The molecule has 4 aliphatic rings. The smallest absolute Gasteiger partial charge is 0.319 e. The number of hydrogen-bond donors (Lipinski definition) is 2. The Morgan fingerprint density at radius 3 is 2.85 bits per heavy atom. The lowest BCUT2D eigenvalue weighted by atomic mass is 9.90. The van der Waals surface area contributed by atoms with Gasteiger partial charge in [-0.3, -0.25) is 4.90 Å². The second-order valence-corrected chi connectivity index (χ2v) is 13.4. The van der Waals surface area contributed by atoms with Gasteiger partial charge in [0.25, 0.3) is 0 Å². The van der Waals surface area contributed by atoms with Gasteiger partial charge in [-0.15, -0.1) is 6.42 Å². The number of halogens is 3. The average molecular weight is 648 g/mol. The number of anilines is 1. The van der Waals surface area contributed by atoms with Crippen LogP contribution in [0.4, 0.5) is 19.0 Å². The molecule has 7 rings (SSSR count). The number of allylic oxidation sites excluding steroid dienone is 1. The van der Waals surface area contributed by atoms with Gasteiger partial charge in [0.1, 0.15) is 53.4 Å². The van der Waals surface area contributed by atoms with Crippen molar-refractivity contribution in [3.8, 4) is 24.2 Å². The summed E-state index contributed by atoms with van der Waals surface area (Å²) in [7, 11) is 0. The van der Waals surface area contributed by atoms with Gasteiger partial charge >= 0.3 is 6.01 Å². The van der Waals surface area contributed by atoms with Crippen LogP contribution in [0.3, 0.4) is 0 Å². The average Bonchev–Trinajstić information content (AvgIpc) is 3.50. The number of fused-ring (bicyclic) bond motifs is 3. The van der Waals surface area contributed by atoms with Crippen LogP contribution in [0.5, 0.6) is 11.9 Å². The first-order chi connectivity index (χ1) is 22.4. The van der Waals surface area contributed by atoms with Crippen LogP contribution in [0.1, 0.15) is 57.2 Å². The number of aliphatic hydroxyl groups excluding tert-OH is 1. The van der Waals surface area contributed by atoms with Crippen molar-refractivity contribution in [3.63, 3.8) is 0 Å². The Kier molecular flexibility index (Phi) is 7.60. The van der Waals surface area contributed by atoms with Crippen molar-refractivity contribution in [1.29, 1.82) is 0 Å². The Morgan fingerprint density at radius 2 is 2.09 bits per heavy atom. The minimum Gasteiger partial charge on any atom is -0.509 e. The van der Waals surface area contributed by atoms with Crippen molar-refractivity contribution in [2.75, 3.05) is 37.7 Å². The maximum Gasteiger partial charge on any atom is 0.319 e. The molecule has 0 radical (unpaired) electrons. The normalized spacial score (nSPS) is 27.9. The highest BCUT2D eigenvalue weighted by Gasteiger charge is 2.49. The van der Waals surface area contributed by atoms with Crippen molar-refractivity contribution in [3.05, 3.63) is 57.8 Å². The molecule has 0 aliphatic carbocycles. The molecular formula is C35H36F3N5O4. The SMILES string of the molecule is C#Cc1c(F)ccc(=C/C(=C)O)/c1=C(\C)c1nc2c3c(nc(OC[C@@]45CCCN4C[C@H](F)C5)nc3c1F)N1C[C@](C)(O)CC[C@H]1CO2. The van der Waals surface area contributed by atoms with Gasteiger partial charge in [-0.25, -0.2) is 18.2 Å². The van der Waals surface area contributed by atoms with Crippen LogP contribution in [-0.4, -0.2) is 86.3 Å². The summed E-state index contributed by atoms with van der Waals surface area (Å²) in [5.74, 6) is 0.879. The molecule has 0 spiro atoms. The number of hydrogen-bond acceptors (Lipinski definition) is 9. The minimum atomic E-state index is -1.04. The summed E-state index contributed by atoms with van der Waals surface area (Å²) >= 11 is 0. The molecule has 4 aliphatic heterocycles. The lowest BCUT2D eigenvalue weighted by molar-refractivity contribution is 0.0321. The molecule has 0 saturated carbocycles. The lowest BCUT2D eigenvalue weighted by Crippen LogP contribution is -2.53. The maximum atomic E-state index is 16.9. The van der Waals surface area contributed by atoms with E-state index in [1.807, 2.05) is 4.90 Å². The molecule has 2 N–H and O–H groups in total. The number of aromatic nitrogens is 3. The second-order valence-electron chi connectivity index (χ2n) is 13.4. The Balaban J connectivity index is 1.45. The predicted molar refractivity (Wildman–Crippen MR) is 170 cm³/mol. The van der Waals surface area contributed by atoms with Gasteiger partial charge in [0, 0.05) is 24.7 Å². The zero-order valence-corrected chi connectivity index (χ0v) is 26.3. The van der Waals surface area contributed by atoms with Gasteiger partial charge in [-0.05, 0) is 69.0 Å². The molecule has 6 heterocycles. The fourth-order valence-corrected chi connectivity index (χ4v) is 7.74. The quantitative estimate of drug-likeness (QED) is 0.319. The van der Waals surface area contributed by atoms with Gasteiger partial charge < -0.3 is 24.6 Å². The summed E-state index contributed by atoms with van der Waals surface area (Å²) in [5.41, 5.74) is -1.81. The summed E-state index contributed by atoms with van der Waals surface area (Å²) in [6, 6.07) is 2.28. The number of terminal acetylenes is 1. The third-order valence-corrected chi connectivity index (χ3v) is 9.98. The first kappa shape index (κ1) is 31.3. The number of pyridine rings is 1. The van der Waals surface area contributed by atoms with E-state index in [0.29, 0.717) is 36.8 Å². The zero-order chi connectivity index (χ0) is 33.2. The highest BCUT2D eigenvalue weighted by molar-refractivity contribution is 5.96. The molecule has 1 aromatic carbocycles. The van der Waals surface area contributed by atoms with Gasteiger partial charge in [-0.1, -0.05) is 18.6 Å². The maximum absolute atomic E-state index is 16.9. The Morgan fingerprint density at radius 1 is 1.28 bits per heavy atom. The summed E-state index contributed by atoms with van der Waals surface area (Å²) in [6.07, 6.45) is 9.19. The largest absolute Gasteiger partial charge is 0.509 e. The van der Waals surface area contributed by atoms with Gasteiger partial charge in [0.15, 0.2) is 5.82 Å². The number of aliphatic hydroxyl groups is 2. The third-order valence-electron chi connectivity index (χ3n) is 9.98. The first-order valence-electron chi connectivity index (χ1n) is 15.8. The van der Waals surface area contributed by atoms with Crippen molar-refractivity contribution >= 4 is 28.4 Å². The van der Waals surface area contributed by atoms with E-state index in [2.05, 4.69) is 27.4 Å². The topological polar surface area (TPSA) is 104 Å². The van der Waals surface area contributed by atoms with Crippen LogP contribution in [0.25, 0.3) is 22.6 Å². The van der Waals surface area contributed by atoms with Crippen molar-refractivity contribution < 1.29 is 32.9 Å². The third kappa shape index (κ3) is 5.35. The van der Waals surface area contributed by atoms with Gasteiger partial charge in [0.05, 0.1) is 22.7 Å². The molecule has 47 heavy (non-hydrogen) atoms. The molecule has 2 aromatic heterocycles. The molecule has 3 aromatic rings. The predicted octanol–water partition coefficient (Wildman–Crippen LogP) is 3.42. The summed E-state index contributed by atoms with van der Waals surface area (Å²) in [6.45, 7) is 8.44. The van der Waals surface area contributed by atoms with Crippen LogP contribution < -0.4 is 24.8 Å². The van der Waals surface area contributed by atoms with Crippen molar-refractivity contribution in [1.82, 2.24) is 19.9 Å². The highest BCUT2D eigenvalue weighted by atomic mass is 19.1. The molecule has 9 nitrogen and oxygen atoms in total. The van der Waals surface area contributed by atoms with Crippen molar-refractivity contribution in [2.45, 2.75) is 69.3 Å². The zero-order valence-electron chi connectivity index (χ0n) is 26.3. The number of alkyl halides is 1. The summed E-state index contributed by atoms with van der Waals surface area (Å²) < 4.78 is 58.8. The second kappa shape index (κ2) is 11.4. The fraction of sp³-hybridized carbons (Fsp3) is 0.457. The van der Waals surface area contributed by atoms with E-state index in [0.717, 1.165) is 25.5 Å². The molecule has 0 bridgehead atoms. The molecule has 0 amide bonds. The molecule has 246 valence electrons. The summed E-state index contributed by atoms with van der Waals surface area (Å²) in [4.78, 5) is 17.9. The van der Waals surface area contributed by atoms with Crippen LogP contribution in [0.15, 0.2) is 24.5 Å². The molecular weight excluding hydrogens is 611 g/mol. The molecule has 3 fully saturated rings. The van der Waals surface area contributed by atoms with Gasteiger partial charge in [0.2, 0.25) is 5.88 Å². The van der Waals surface area contributed by atoms with E-state index in [-0.39, 0.29) is 76.4 Å². The van der Waals surface area contributed by atoms with Crippen LogP contribution >= 0.6 is 0 Å². The van der Waals surface area contributed by atoms with E-state index < -0.39 is 28.9 Å². The molecule has 0 unspecified atom stereocenters. The number of ether oxygens (including phenoxy) is 2. The number of piperidine rings is 1. The van der Waals surface area contributed by atoms with E-state index in [1.165, 1.54) is 12.1 Å². The van der Waals surface area contributed by atoms with Crippen molar-refractivity contribution in [2.24, 2.45) is 0 Å². The Hall–Kier alpha value is -4.34. The van der Waals surface area contributed by atoms with Crippen LogP contribution in [-0.2, 0) is 0 Å². The van der Waals surface area contributed by atoms with E-state index in [9.17, 15) is 19.0 Å². The number of benzene rings is 1. The highest BCUT2D eigenvalue weighted by Crippen LogP contribution is 2.43. The number of rotatable bonds is 5. The Bertz CT molecular complexity index is 1980. The molecule has 4 atom stereocenters. The standard InChI is InChI=1S/C35H36F3N5O4/c1-5-24-25(37)8-7-21(13-19(2)44)26(24)20(3)29-28(38)30-27-31(43-17-34(4,45)11-9-23(43)16-46-32(27)39-29)41-33(40-30)47-18-35-10-6-12-42(35)15-22(36)14-35/h1,7-8,13,22-23,44-45H,2,6,9-12,14-18H2,3-4H3/b21-13-,26-20-/t22-,23+,34-,35+/m1/s1. The monoisotopic (exact) mass is 647 g/mol. The molecule has 12 heteroatoms. The van der Waals surface area contributed by atoms with E-state index >= 15 is 4.39 Å². The Labute approximate surface area is 270 Å². The number of nitrogens with zero attached hydrogens (tertiary/aromatic N) is 5. The van der Waals surface area contributed by atoms with Gasteiger partial charge in [-0.2, -0.15) is 9.97 Å². The van der Waals surface area contributed by atoms with Crippen LogP contribution in [0, 0.1) is 24.0 Å². The van der Waals surface area contributed by atoms with E-state index in [4.69, 9.17) is 20.9 Å². The molecule has 3 saturated heterocycles. The van der Waals surface area contributed by atoms with E-state index in [1.54, 1.807) is 13.8 Å². The lowest BCUT2D eigenvalue weighted by Gasteiger charge is -2.42. The van der Waals surface area contributed by atoms with Crippen LogP contribution in [0.2, 0.25) is 0 Å². The minimum absolute atomic E-state index is 0.0683.